The summed E-state index contributed by atoms with van der Waals surface area (Å²) in [6.07, 6.45) is 2.88. The van der Waals surface area contributed by atoms with Gasteiger partial charge in [-0.15, -0.1) is 0 Å². The summed E-state index contributed by atoms with van der Waals surface area (Å²) in [7, 11) is 3.19. The predicted molar refractivity (Wildman–Crippen MR) is 64.7 cm³/mol. The summed E-state index contributed by atoms with van der Waals surface area (Å²) >= 11 is 1.20. The van der Waals surface area contributed by atoms with Gasteiger partial charge in [-0.3, -0.25) is 4.79 Å². The van der Waals surface area contributed by atoms with Crippen LogP contribution in [0.2, 0.25) is 0 Å². The molecule has 0 aromatic carbocycles. The molecule has 0 aliphatic rings. The van der Waals surface area contributed by atoms with E-state index in [1.165, 1.54) is 25.2 Å². The van der Waals surface area contributed by atoms with Crippen LogP contribution in [0.1, 0.15) is 5.69 Å². The number of aromatic amines is 1. The van der Waals surface area contributed by atoms with Crippen LogP contribution in [-0.2, 0) is 13.7 Å². The highest BCUT2D eigenvalue weighted by Gasteiger charge is 2.14. The highest BCUT2D eigenvalue weighted by molar-refractivity contribution is 7.99. The lowest BCUT2D eigenvalue weighted by atomic mass is 10.5. The van der Waals surface area contributed by atoms with Gasteiger partial charge in [-0.25, -0.2) is 9.97 Å². The molecule has 0 aliphatic heterocycles. The van der Waals surface area contributed by atoms with E-state index in [0.29, 0.717) is 15.9 Å². The molecule has 2 heterocycles. The van der Waals surface area contributed by atoms with Crippen molar-refractivity contribution >= 4 is 11.8 Å². The van der Waals surface area contributed by atoms with Crippen LogP contribution in [0.15, 0.2) is 27.5 Å². The molecule has 0 aliphatic carbocycles. The maximum Gasteiger partial charge on any atom is 0.294 e. The topological polar surface area (TPSA) is 93.0 Å². The molecule has 18 heavy (non-hydrogen) atoms. The minimum Gasteiger partial charge on any atom is -0.489 e. The number of aromatic nitrogens is 4. The fourth-order valence-corrected chi connectivity index (χ4v) is 2.28. The van der Waals surface area contributed by atoms with Crippen LogP contribution < -0.4 is 10.3 Å². The van der Waals surface area contributed by atoms with E-state index >= 15 is 0 Å². The van der Waals surface area contributed by atoms with Gasteiger partial charge in [0.1, 0.15) is 0 Å². The molecule has 0 atom stereocenters. The molecule has 0 bridgehead atoms. The number of imidazole rings is 1. The molecule has 2 aromatic rings. The van der Waals surface area contributed by atoms with E-state index in [9.17, 15) is 4.79 Å². The molecule has 0 radical (unpaired) electrons. The predicted octanol–water partition coefficient (Wildman–Crippen LogP) is 0.155. The zero-order valence-corrected chi connectivity index (χ0v) is 10.7. The lowest BCUT2D eigenvalue weighted by molar-refractivity contribution is 0.271. The smallest absolute Gasteiger partial charge is 0.294 e. The van der Waals surface area contributed by atoms with Crippen LogP contribution in [0.5, 0.6) is 5.75 Å². The maximum absolute atomic E-state index is 11.5. The molecule has 0 unspecified atom stereocenters. The third-order valence-corrected chi connectivity index (χ3v) is 3.42. The van der Waals surface area contributed by atoms with Crippen molar-refractivity contribution in [1.29, 1.82) is 0 Å². The van der Waals surface area contributed by atoms with E-state index in [-0.39, 0.29) is 17.9 Å². The monoisotopic (exact) mass is 268 g/mol. The van der Waals surface area contributed by atoms with Gasteiger partial charge in [-0.1, -0.05) is 0 Å². The SMILES string of the molecule is COc1c(Sc2ncc(CO)n2C)nc[nH]c1=O. The Balaban J connectivity index is 2.37. The molecular formula is C10H12N4O3S. The molecule has 96 valence electrons. The molecule has 2 N–H and O–H groups in total. The molecule has 0 amide bonds. The summed E-state index contributed by atoms with van der Waals surface area (Å²) < 4.78 is 6.74. The number of nitrogens with one attached hydrogen (secondary N) is 1. The Bertz CT molecular complexity index is 607. The van der Waals surface area contributed by atoms with E-state index < -0.39 is 0 Å². The molecule has 0 saturated heterocycles. The summed E-state index contributed by atoms with van der Waals surface area (Å²) in [6, 6.07) is 0. The number of hydrogen-bond donors (Lipinski definition) is 2. The Labute approximate surface area is 107 Å². The number of H-pyrrole nitrogens is 1. The Morgan fingerprint density at radius 3 is 2.94 bits per heavy atom. The third kappa shape index (κ3) is 2.24. The summed E-state index contributed by atoms with van der Waals surface area (Å²) in [5.74, 6) is 0.149. The lowest BCUT2D eigenvalue weighted by Crippen LogP contribution is -2.11. The van der Waals surface area contributed by atoms with E-state index in [2.05, 4.69) is 15.0 Å². The normalized spacial score (nSPS) is 10.6. The summed E-state index contributed by atoms with van der Waals surface area (Å²) in [5, 5.41) is 10.1. The molecule has 7 nitrogen and oxygen atoms in total. The van der Waals surface area contributed by atoms with Gasteiger partial charge in [-0.2, -0.15) is 0 Å². The van der Waals surface area contributed by atoms with Crippen LogP contribution in [0.4, 0.5) is 0 Å². The number of aliphatic hydroxyl groups is 1. The fraction of sp³-hybridized carbons (Fsp3) is 0.300. The van der Waals surface area contributed by atoms with Crippen LogP contribution in [-0.4, -0.2) is 31.7 Å². The lowest BCUT2D eigenvalue weighted by Gasteiger charge is -2.06. The van der Waals surface area contributed by atoms with E-state index in [1.54, 1.807) is 17.8 Å². The highest BCUT2D eigenvalue weighted by Crippen LogP contribution is 2.29. The van der Waals surface area contributed by atoms with Gasteiger partial charge in [0.2, 0.25) is 5.75 Å². The number of aliphatic hydroxyl groups excluding tert-OH is 1. The Morgan fingerprint density at radius 2 is 2.33 bits per heavy atom. The number of hydrogen-bond acceptors (Lipinski definition) is 6. The standard InChI is InChI=1S/C10H12N4O3S/c1-14-6(4-15)3-11-10(14)18-9-7(17-2)8(16)12-5-13-9/h3,5,15H,4H2,1-2H3,(H,12,13,16). The van der Waals surface area contributed by atoms with Crippen molar-refractivity contribution in [2.24, 2.45) is 7.05 Å². The quantitative estimate of drug-likeness (QED) is 0.767. The Morgan fingerprint density at radius 1 is 1.56 bits per heavy atom. The van der Waals surface area contributed by atoms with E-state index in [4.69, 9.17) is 9.84 Å². The van der Waals surface area contributed by atoms with Gasteiger partial charge in [0.25, 0.3) is 5.56 Å². The fourth-order valence-electron chi connectivity index (χ4n) is 1.38. The first-order chi connectivity index (χ1) is 8.67. The van der Waals surface area contributed by atoms with Crippen LogP contribution in [0.25, 0.3) is 0 Å². The van der Waals surface area contributed by atoms with Gasteiger partial charge in [-0.05, 0) is 11.8 Å². The second kappa shape index (κ2) is 5.23. The van der Waals surface area contributed by atoms with Crippen molar-refractivity contribution in [3.8, 4) is 5.75 Å². The summed E-state index contributed by atoms with van der Waals surface area (Å²) in [4.78, 5) is 22.1. The van der Waals surface area contributed by atoms with Crippen molar-refractivity contribution < 1.29 is 9.84 Å². The summed E-state index contributed by atoms with van der Waals surface area (Å²) in [5.41, 5.74) is 0.341. The average molecular weight is 268 g/mol. The van der Waals surface area contributed by atoms with E-state index in [0.717, 1.165) is 0 Å². The Hall–Kier alpha value is -1.80. The van der Waals surface area contributed by atoms with E-state index in [1.807, 2.05) is 0 Å². The third-order valence-electron chi connectivity index (χ3n) is 2.37. The minimum absolute atomic E-state index is 0.0933. The molecule has 0 spiro atoms. The zero-order valence-electron chi connectivity index (χ0n) is 9.88. The molecule has 2 aromatic heterocycles. The second-order valence-corrected chi connectivity index (χ2v) is 4.38. The van der Waals surface area contributed by atoms with Gasteiger partial charge in [0.05, 0.1) is 31.9 Å². The number of ether oxygens (including phenoxy) is 1. The highest BCUT2D eigenvalue weighted by atomic mass is 32.2. The maximum atomic E-state index is 11.5. The Kier molecular flexibility index (Phi) is 3.68. The average Bonchev–Trinajstić information content (AvgIpc) is 2.71. The number of methoxy groups -OCH3 is 1. The van der Waals surface area contributed by atoms with Crippen LogP contribution in [0.3, 0.4) is 0 Å². The molecule has 8 heteroatoms. The molecule has 2 rings (SSSR count). The van der Waals surface area contributed by atoms with Crippen molar-refractivity contribution in [3.05, 3.63) is 28.6 Å². The van der Waals surface area contributed by atoms with Gasteiger partial charge in [0.15, 0.2) is 10.2 Å². The van der Waals surface area contributed by atoms with Crippen LogP contribution >= 0.6 is 11.8 Å². The first kappa shape index (κ1) is 12.7. The first-order valence-corrected chi connectivity index (χ1v) is 5.90. The second-order valence-electron chi connectivity index (χ2n) is 3.42. The van der Waals surface area contributed by atoms with Crippen molar-refractivity contribution in [2.45, 2.75) is 16.8 Å². The first-order valence-electron chi connectivity index (χ1n) is 5.08. The summed E-state index contributed by atoms with van der Waals surface area (Å²) in [6.45, 7) is -0.0933. The van der Waals surface area contributed by atoms with Crippen molar-refractivity contribution in [1.82, 2.24) is 19.5 Å². The van der Waals surface area contributed by atoms with Crippen LogP contribution in [0, 0.1) is 0 Å². The minimum atomic E-state index is -0.341. The number of nitrogens with zero attached hydrogens (tertiary/aromatic N) is 3. The largest absolute Gasteiger partial charge is 0.489 e. The van der Waals surface area contributed by atoms with Gasteiger partial charge >= 0.3 is 0 Å². The zero-order chi connectivity index (χ0) is 13.1. The van der Waals surface area contributed by atoms with Crippen molar-refractivity contribution in [2.75, 3.05) is 7.11 Å². The molecule has 0 saturated carbocycles. The molecule has 0 fully saturated rings. The van der Waals surface area contributed by atoms with Gasteiger partial charge < -0.3 is 19.4 Å². The molecular weight excluding hydrogens is 256 g/mol. The van der Waals surface area contributed by atoms with Crippen molar-refractivity contribution in [3.63, 3.8) is 0 Å². The number of rotatable bonds is 4. The van der Waals surface area contributed by atoms with Gasteiger partial charge in [0, 0.05) is 7.05 Å².